The topological polar surface area (TPSA) is 0 Å². The van der Waals surface area contributed by atoms with E-state index >= 15 is 0 Å². The fourth-order valence-corrected chi connectivity index (χ4v) is 5.12. The third-order valence-corrected chi connectivity index (χ3v) is 9.10. The molecule has 0 aliphatic heterocycles. The zero-order chi connectivity index (χ0) is 43.8. The number of alkyl halides is 3. The molecule has 0 bridgehead atoms. The molecule has 5 rings (SSSR count). The molecule has 7 heteroatoms. The minimum Gasteiger partial charge on any atom is -0.207 e. The highest BCUT2D eigenvalue weighted by atomic mass is 19.4. The van der Waals surface area contributed by atoms with Gasteiger partial charge < -0.3 is 0 Å². The molecule has 0 N–H and O–H groups in total. The summed E-state index contributed by atoms with van der Waals surface area (Å²) in [6.07, 6.45) is -4.24. The maximum atomic E-state index is 13.0. The van der Waals surface area contributed by atoms with Crippen molar-refractivity contribution >= 4 is 0 Å². The van der Waals surface area contributed by atoms with Crippen molar-refractivity contribution in [1.82, 2.24) is 0 Å². The van der Waals surface area contributed by atoms with Crippen molar-refractivity contribution in [1.29, 1.82) is 0 Å². The van der Waals surface area contributed by atoms with E-state index in [1.54, 1.807) is 13.0 Å². The first-order valence-electron chi connectivity index (χ1n) is 19.6. The highest BCUT2D eigenvalue weighted by molar-refractivity contribution is 5.33. The van der Waals surface area contributed by atoms with Crippen molar-refractivity contribution < 1.29 is 30.7 Å². The van der Waals surface area contributed by atoms with Gasteiger partial charge in [0.2, 0.25) is 0 Å². The van der Waals surface area contributed by atoms with Crippen LogP contribution in [0.1, 0.15) is 154 Å². The lowest BCUT2D eigenvalue weighted by Crippen LogP contribution is -2.06. The van der Waals surface area contributed by atoms with Gasteiger partial charge in [-0.25, -0.2) is 17.6 Å². The van der Waals surface area contributed by atoms with Crippen molar-refractivity contribution in [2.24, 2.45) is 0 Å². The number of rotatable bonds is 5. The van der Waals surface area contributed by atoms with Gasteiger partial charge in [0.05, 0.1) is 5.56 Å². The van der Waals surface area contributed by atoms with Gasteiger partial charge in [0.1, 0.15) is 23.3 Å². The molecule has 0 spiro atoms. The molecular formula is C50H63F7. The van der Waals surface area contributed by atoms with Gasteiger partial charge in [0.15, 0.2) is 0 Å². The van der Waals surface area contributed by atoms with Crippen LogP contribution < -0.4 is 0 Å². The van der Waals surface area contributed by atoms with Crippen LogP contribution in [0.25, 0.3) is 0 Å². The maximum Gasteiger partial charge on any atom is 0.416 e. The summed E-state index contributed by atoms with van der Waals surface area (Å²) in [5.41, 5.74) is 7.85. The van der Waals surface area contributed by atoms with Gasteiger partial charge in [0.25, 0.3) is 0 Å². The van der Waals surface area contributed by atoms with Crippen molar-refractivity contribution in [2.75, 3.05) is 0 Å². The van der Waals surface area contributed by atoms with Gasteiger partial charge >= 0.3 is 6.18 Å². The highest BCUT2D eigenvalue weighted by Gasteiger charge is 2.31. The molecule has 312 valence electrons. The molecule has 0 aliphatic rings. The van der Waals surface area contributed by atoms with Crippen LogP contribution in [0, 0.1) is 51.0 Å². The van der Waals surface area contributed by atoms with Crippen molar-refractivity contribution in [3.05, 3.63) is 176 Å². The lowest BCUT2D eigenvalue weighted by Gasteiger charge is -2.12. The molecule has 0 unspecified atom stereocenters. The first kappa shape index (κ1) is 50.6. The zero-order valence-electron chi connectivity index (χ0n) is 36.3. The van der Waals surface area contributed by atoms with Crippen LogP contribution in [0.4, 0.5) is 30.7 Å². The Morgan fingerprint density at radius 2 is 0.667 bits per heavy atom. The molecule has 0 saturated heterocycles. The Bertz CT molecular complexity index is 1820. The largest absolute Gasteiger partial charge is 0.416 e. The fraction of sp³-hybridized carbons (Fsp3) is 0.400. The van der Waals surface area contributed by atoms with Gasteiger partial charge in [-0.2, -0.15) is 13.2 Å². The average Bonchev–Trinajstić information content (AvgIpc) is 3.11. The number of hydrogen-bond acceptors (Lipinski definition) is 0. The molecular weight excluding hydrogens is 734 g/mol. The first-order chi connectivity index (χ1) is 26.3. The average molecular weight is 797 g/mol. The van der Waals surface area contributed by atoms with E-state index in [4.69, 9.17) is 0 Å². The Morgan fingerprint density at radius 3 is 0.982 bits per heavy atom. The lowest BCUT2D eigenvalue weighted by molar-refractivity contribution is -0.137. The van der Waals surface area contributed by atoms with Crippen LogP contribution >= 0.6 is 0 Å². The molecule has 0 fully saturated rings. The molecule has 0 aromatic heterocycles. The summed E-state index contributed by atoms with van der Waals surface area (Å²) in [6, 6.07) is 28.0. The summed E-state index contributed by atoms with van der Waals surface area (Å²) in [5.74, 6) is -0.174. The smallest absolute Gasteiger partial charge is 0.207 e. The fourth-order valence-electron chi connectivity index (χ4n) is 5.12. The third-order valence-electron chi connectivity index (χ3n) is 9.10. The standard InChI is InChI=1S/C11H13F3.C10H12F2.2C10H14.C9H10F2/c1-7(2)9-4-8(3)5-10(6-9)11(12,13)14;1-6(2)8-4-9(11)7(3)10(12)5-8;2*1-8(2)10-6-4-9(3)5-7-10;1-6(2)7-3-8(10)5-9(11)4-7/h4-7H,1-3H3;4-6H,1-3H3;2*4-8H,1-3H3;3-6H,1-2H3. The normalized spacial score (nSPS) is 11.0. The van der Waals surface area contributed by atoms with Crippen LogP contribution in [0.3, 0.4) is 0 Å². The minimum atomic E-state index is -4.24. The molecule has 0 saturated carbocycles. The Kier molecular flexibility index (Phi) is 21.1. The molecule has 0 atom stereocenters. The van der Waals surface area contributed by atoms with E-state index in [1.165, 1.54) is 65.6 Å². The molecule has 57 heavy (non-hydrogen) atoms. The SMILES string of the molecule is CC(C)c1cc(F)cc(F)c1.Cc1c(F)cc(C(C)C)cc1F.Cc1cc(C(C)C)cc(C(F)(F)F)c1.Cc1ccc(C(C)C)cc1.Cc1ccc(C(C)C)cc1. The Morgan fingerprint density at radius 1 is 0.351 bits per heavy atom. The summed E-state index contributed by atoms with van der Waals surface area (Å²) in [5, 5.41) is 0. The quantitative estimate of drug-likeness (QED) is 0.155. The summed E-state index contributed by atoms with van der Waals surface area (Å²) in [4.78, 5) is 0. The summed E-state index contributed by atoms with van der Waals surface area (Å²) in [6.45, 7) is 27.6. The molecule has 5 aromatic carbocycles. The second-order valence-electron chi connectivity index (χ2n) is 16.0. The monoisotopic (exact) mass is 796 g/mol. The first-order valence-corrected chi connectivity index (χ1v) is 19.6. The number of hydrogen-bond donors (Lipinski definition) is 0. The van der Waals surface area contributed by atoms with Gasteiger partial charge in [-0.1, -0.05) is 141 Å². The third kappa shape index (κ3) is 19.1. The van der Waals surface area contributed by atoms with E-state index in [9.17, 15) is 30.7 Å². The lowest BCUT2D eigenvalue weighted by atomic mass is 9.98. The van der Waals surface area contributed by atoms with Crippen molar-refractivity contribution in [2.45, 2.75) is 133 Å². The predicted molar refractivity (Wildman–Crippen MR) is 226 cm³/mol. The zero-order valence-corrected chi connectivity index (χ0v) is 36.3. The van der Waals surface area contributed by atoms with Gasteiger partial charge in [-0.05, 0) is 121 Å². The van der Waals surface area contributed by atoms with E-state index in [0.717, 1.165) is 11.6 Å². The van der Waals surface area contributed by atoms with Crippen LogP contribution in [-0.4, -0.2) is 0 Å². The van der Waals surface area contributed by atoms with Gasteiger partial charge in [-0.15, -0.1) is 0 Å². The maximum absolute atomic E-state index is 13.0. The molecule has 0 nitrogen and oxygen atoms in total. The molecule has 5 aromatic rings. The Hall–Kier alpha value is -4.39. The van der Waals surface area contributed by atoms with Crippen LogP contribution in [0.2, 0.25) is 0 Å². The molecule has 0 radical (unpaired) electrons. The summed E-state index contributed by atoms with van der Waals surface area (Å²) >= 11 is 0. The number of aryl methyl sites for hydroxylation is 3. The Balaban J connectivity index is 0.000000358. The minimum absolute atomic E-state index is 0.0967. The second-order valence-corrected chi connectivity index (χ2v) is 16.0. The highest BCUT2D eigenvalue weighted by Crippen LogP contribution is 2.32. The van der Waals surface area contributed by atoms with E-state index in [1.807, 2.05) is 41.5 Å². The van der Waals surface area contributed by atoms with Crippen molar-refractivity contribution in [3.8, 4) is 0 Å². The van der Waals surface area contributed by atoms with Gasteiger partial charge in [0, 0.05) is 11.6 Å². The molecule has 0 aliphatic carbocycles. The molecule has 0 heterocycles. The van der Waals surface area contributed by atoms with Crippen LogP contribution in [0.15, 0.2) is 97.1 Å². The second kappa shape index (κ2) is 23.7. The number of halogens is 7. The predicted octanol–water partition coefficient (Wildman–Crippen LogP) is 16.9. The van der Waals surface area contributed by atoms with Gasteiger partial charge in [-0.3, -0.25) is 0 Å². The van der Waals surface area contributed by atoms with E-state index in [0.29, 0.717) is 28.5 Å². The van der Waals surface area contributed by atoms with E-state index in [2.05, 4.69) is 90.1 Å². The summed E-state index contributed by atoms with van der Waals surface area (Å²) in [7, 11) is 0. The van der Waals surface area contributed by atoms with Crippen LogP contribution in [-0.2, 0) is 6.18 Å². The molecule has 0 amide bonds. The van der Waals surface area contributed by atoms with Crippen molar-refractivity contribution in [3.63, 3.8) is 0 Å². The Labute approximate surface area is 338 Å². The summed E-state index contributed by atoms with van der Waals surface area (Å²) < 4.78 is 88.3. The van der Waals surface area contributed by atoms with E-state index < -0.39 is 35.0 Å². The number of benzene rings is 5. The van der Waals surface area contributed by atoms with E-state index in [-0.39, 0.29) is 23.3 Å². The van der Waals surface area contributed by atoms with Crippen LogP contribution in [0.5, 0.6) is 0 Å².